The molecule has 0 radical (unpaired) electrons. The van der Waals surface area contributed by atoms with Gasteiger partial charge in [0.15, 0.2) is 0 Å². The van der Waals surface area contributed by atoms with Crippen LogP contribution in [-0.2, 0) is 6.61 Å². The minimum atomic E-state index is -0.236. The lowest BCUT2D eigenvalue weighted by Crippen LogP contribution is -2.01. The van der Waals surface area contributed by atoms with Gasteiger partial charge in [-0.1, -0.05) is 0 Å². The van der Waals surface area contributed by atoms with Crippen LogP contribution in [0.2, 0.25) is 0 Å². The molecule has 1 aromatic carbocycles. The number of rotatable bonds is 5. The molecule has 2 aromatic rings. The third-order valence-corrected chi connectivity index (χ3v) is 2.69. The molecule has 0 saturated carbocycles. The summed E-state index contributed by atoms with van der Waals surface area (Å²) in [7, 11) is 0. The number of nitrogens with one attached hydrogen (secondary N) is 1. The molecule has 0 aliphatic carbocycles. The first-order valence-electron chi connectivity index (χ1n) is 6.37. The molecule has 2 rings (SSSR count). The molecule has 1 aromatic heterocycles. The van der Waals surface area contributed by atoms with Gasteiger partial charge < -0.3 is 4.74 Å². The van der Waals surface area contributed by atoms with Gasteiger partial charge in [-0.2, -0.15) is 25.8 Å². The second-order valence-corrected chi connectivity index (χ2v) is 4.28. The Morgan fingerprint density at radius 2 is 2.14 bits per heavy atom. The topological polar surface area (TPSA) is 107 Å². The van der Waals surface area contributed by atoms with Gasteiger partial charge in [0.05, 0.1) is 5.69 Å². The van der Waals surface area contributed by atoms with Crippen molar-refractivity contribution in [1.82, 2.24) is 10.2 Å². The minimum absolute atomic E-state index is 0.236. The molecule has 0 bridgehead atoms. The second kappa shape index (κ2) is 7.36. The number of aromatic nitrogens is 2. The van der Waals surface area contributed by atoms with Crippen molar-refractivity contribution >= 4 is 11.4 Å². The lowest BCUT2D eigenvalue weighted by Gasteiger charge is -2.10. The molecular formula is C15H12N6O. The van der Waals surface area contributed by atoms with Gasteiger partial charge in [-0.3, -0.25) is 5.43 Å². The van der Waals surface area contributed by atoms with Crippen LogP contribution in [0.15, 0.2) is 41.6 Å². The van der Waals surface area contributed by atoms with Crippen LogP contribution >= 0.6 is 0 Å². The molecule has 0 fully saturated rings. The highest BCUT2D eigenvalue weighted by Crippen LogP contribution is 2.22. The highest BCUT2D eigenvalue weighted by atomic mass is 16.5. The van der Waals surface area contributed by atoms with Gasteiger partial charge in [-0.05, 0) is 42.8 Å². The number of aryl methyl sites for hydroxylation is 1. The zero-order valence-corrected chi connectivity index (χ0v) is 11.8. The number of ether oxygens (including phenoxy) is 1. The molecule has 0 spiro atoms. The van der Waals surface area contributed by atoms with Crippen molar-refractivity contribution in [3.63, 3.8) is 0 Å². The van der Waals surface area contributed by atoms with Crippen molar-refractivity contribution in [2.24, 2.45) is 5.10 Å². The number of nitrogens with zero attached hydrogens (tertiary/aromatic N) is 5. The quantitative estimate of drug-likeness (QED) is 0.668. The Kier molecular flexibility index (Phi) is 5.00. The second-order valence-electron chi connectivity index (χ2n) is 4.28. The minimum Gasteiger partial charge on any atom is -0.487 e. The molecule has 0 unspecified atom stereocenters. The zero-order chi connectivity index (χ0) is 15.8. The van der Waals surface area contributed by atoms with Gasteiger partial charge in [-0.25, -0.2) is 0 Å². The Labute approximate surface area is 127 Å². The summed E-state index contributed by atoms with van der Waals surface area (Å²) < 4.78 is 5.67. The normalized spacial score (nSPS) is 9.23. The maximum Gasteiger partial charge on any atom is 0.237 e. The fourth-order valence-electron chi connectivity index (χ4n) is 1.64. The lowest BCUT2D eigenvalue weighted by atomic mass is 10.2. The van der Waals surface area contributed by atoms with Crippen molar-refractivity contribution in [3.05, 3.63) is 47.8 Å². The first-order valence-corrected chi connectivity index (χ1v) is 6.37. The fourth-order valence-corrected chi connectivity index (χ4v) is 1.64. The average Bonchev–Trinajstić information content (AvgIpc) is 2.56. The summed E-state index contributed by atoms with van der Waals surface area (Å²) >= 11 is 0. The van der Waals surface area contributed by atoms with E-state index in [1.807, 2.05) is 19.1 Å². The largest absolute Gasteiger partial charge is 0.487 e. The van der Waals surface area contributed by atoms with Crippen molar-refractivity contribution in [1.29, 1.82) is 10.5 Å². The maximum atomic E-state index is 8.61. The predicted molar refractivity (Wildman–Crippen MR) is 79.8 cm³/mol. The third kappa shape index (κ3) is 4.02. The van der Waals surface area contributed by atoms with Gasteiger partial charge in [-0.15, -0.1) is 0 Å². The number of hydrogen-bond donors (Lipinski definition) is 1. The van der Waals surface area contributed by atoms with E-state index in [0.717, 1.165) is 11.3 Å². The van der Waals surface area contributed by atoms with Gasteiger partial charge >= 0.3 is 0 Å². The zero-order valence-electron chi connectivity index (χ0n) is 11.8. The highest BCUT2D eigenvalue weighted by molar-refractivity contribution is 6.10. The Hall–Kier alpha value is -3.45. The van der Waals surface area contributed by atoms with Crippen molar-refractivity contribution in [2.45, 2.75) is 13.5 Å². The van der Waals surface area contributed by atoms with Crippen LogP contribution in [-0.4, -0.2) is 15.9 Å². The van der Waals surface area contributed by atoms with E-state index in [2.05, 4.69) is 20.7 Å². The van der Waals surface area contributed by atoms with Crippen LogP contribution in [0.5, 0.6) is 5.75 Å². The molecule has 0 saturated heterocycles. The Bertz CT molecular complexity index is 742. The molecule has 0 amide bonds. The van der Waals surface area contributed by atoms with E-state index in [9.17, 15) is 0 Å². The third-order valence-electron chi connectivity index (χ3n) is 2.69. The molecule has 7 nitrogen and oxygen atoms in total. The molecule has 108 valence electrons. The summed E-state index contributed by atoms with van der Waals surface area (Å²) in [6.07, 6.45) is 1.60. The summed E-state index contributed by atoms with van der Waals surface area (Å²) in [5.41, 5.74) is 4.70. The summed E-state index contributed by atoms with van der Waals surface area (Å²) in [5, 5.41) is 28.6. The van der Waals surface area contributed by atoms with Gasteiger partial charge in [0.25, 0.3) is 0 Å². The summed E-state index contributed by atoms with van der Waals surface area (Å²) in [5.74, 6) is 0.709. The Morgan fingerprint density at radius 1 is 1.32 bits per heavy atom. The van der Waals surface area contributed by atoms with Gasteiger partial charge in [0, 0.05) is 6.20 Å². The molecule has 0 aliphatic heterocycles. The van der Waals surface area contributed by atoms with E-state index < -0.39 is 0 Å². The molecule has 0 aliphatic rings. The molecule has 22 heavy (non-hydrogen) atoms. The van der Waals surface area contributed by atoms with Crippen LogP contribution in [0, 0.1) is 29.6 Å². The van der Waals surface area contributed by atoms with E-state index >= 15 is 0 Å². The van der Waals surface area contributed by atoms with Crippen molar-refractivity contribution in [2.75, 3.05) is 5.43 Å². The highest BCUT2D eigenvalue weighted by Gasteiger charge is 2.03. The first kappa shape index (κ1) is 14.9. The van der Waals surface area contributed by atoms with Crippen molar-refractivity contribution < 1.29 is 4.74 Å². The molecular weight excluding hydrogens is 280 g/mol. The Morgan fingerprint density at radius 3 is 2.77 bits per heavy atom. The van der Waals surface area contributed by atoms with Crippen LogP contribution in [0.4, 0.5) is 5.69 Å². The summed E-state index contributed by atoms with van der Waals surface area (Å²) in [4.78, 5) is 0. The monoisotopic (exact) mass is 292 g/mol. The number of hydrogen-bond acceptors (Lipinski definition) is 7. The average molecular weight is 292 g/mol. The molecule has 1 N–H and O–H groups in total. The Balaban J connectivity index is 2.03. The summed E-state index contributed by atoms with van der Waals surface area (Å²) in [6.45, 7) is 2.21. The SMILES string of the molecule is Cc1cc(NN=C(C#N)C#N)ccc1OCc1cccnn1. The summed E-state index contributed by atoms with van der Waals surface area (Å²) in [6, 6.07) is 12.3. The number of anilines is 1. The van der Waals surface area contributed by atoms with Gasteiger partial charge in [0.2, 0.25) is 5.71 Å². The smallest absolute Gasteiger partial charge is 0.237 e. The van der Waals surface area contributed by atoms with Crippen LogP contribution in [0.25, 0.3) is 0 Å². The van der Waals surface area contributed by atoms with E-state index in [4.69, 9.17) is 15.3 Å². The van der Waals surface area contributed by atoms with E-state index in [1.165, 1.54) is 0 Å². The molecule has 0 atom stereocenters. The number of nitriles is 2. The van der Waals surface area contributed by atoms with E-state index in [0.29, 0.717) is 18.0 Å². The lowest BCUT2D eigenvalue weighted by molar-refractivity contribution is 0.298. The van der Waals surface area contributed by atoms with E-state index in [1.54, 1.807) is 36.5 Å². The molecule has 1 heterocycles. The van der Waals surface area contributed by atoms with Crippen molar-refractivity contribution in [3.8, 4) is 17.9 Å². The van der Waals surface area contributed by atoms with Crippen LogP contribution < -0.4 is 10.2 Å². The van der Waals surface area contributed by atoms with Crippen LogP contribution in [0.3, 0.4) is 0 Å². The standard InChI is InChI=1S/C15H12N6O/c1-11-7-12(20-21-14(8-16)9-17)4-5-15(11)22-10-13-3-2-6-18-19-13/h2-7,20H,10H2,1H3. The van der Waals surface area contributed by atoms with Gasteiger partial charge in [0.1, 0.15) is 30.2 Å². The first-order chi connectivity index (χ1) is 10.7. The predicted octanol–water partition coefficient (Wildman–Crippen LogP) is 2.18. The maximum absolute atomic E-state index is 8.61. The molecule has 7 heteroatoms. The fraction of sp³-hybridized carbons (Fsp3) is 0.133. The number of hydrazone groups is 1. The van der Waals surface area contributed by atoms with Crippen LogP contribution in [0.1, 0.15) is 11.3 Å². The van der Waals surface area contributed by atoms with E-state index in [-0.39, 0.29) is 5.71 Å². The number of benzene rings is 1.